The van der Waals surface area contributed by atoms with E-state index in [9.17, 15) is 0 Å². The van der Waals surface area contributed by atoms with E-state index in [4.69, 9.17) is 0 Å². The summed E-state index contributed by atoms with van der Waals surface area (Å²) >= 11 is 6.37. The van der Waals surface area contributed by atoms with Crippen LogP contribution in [0.25, 0.3) is 69.2 Å². The Morgan fingerprint density at radius 2 is 1.11 bits per heavy atom. The smallest absolute Gasteiger partial charge is 0.0547 e. The average Bonchev–Trinajstić information content (AvgIpc) is 3.45. The monoisotopic (exact) mass is 481 g/mol. The predicted octanol–water partition coefficient (Wildman–Crippen LogP) is 9.75. The lowest BCUT2D eigenvalue weighted by atomic mass is 9.96. The first-order valence-corrected chi connectivity index (χ1v) is 13.0. The molecule has 0 saturated carbocycles. The van der Waals surface area contributed by atoms with Gasteiger partial charge in [-0.2, -0.15) is 0 Å². The van der Waals surface area contributed by atoms with Gasteiger partial charge in [-0.25, -0.2) is 0 Å². The average molecular weight is 482 g/mol. The summed E-state index contributed by atoms with van der Waals surface area (Å²) in [4.78, 5) is 0.971. The molecule has 1 nitrogen and oxygen atoms in total. The zero-order valence-corrected chi connectivity index (χ0v) is 20.4. The van der Waals surface area contributed by atoms with Gasteiger partial charge in [0.15, 0.2) is 0 Å². The highest BCUT2D eigenvalue weighted by molar-refractivity contribution is 7.80. The van der Waals surface area contributed by atoms with Gasteiger partial charge >= 0.3 is 0 Å². The Morgan fingerprint density at radius 3 is 1.94 bits per heavy atom. The molecular weight excluding hydrogens is 462 g/mol. The molecule has 35 heavy (non-hydrogen) atoms. The molecule has 8 rings (SSSR count). The number of para-hydroxylation sites is 1. The molecule has 0 aliphatic heterocycles. The van der Waals surface area contributed by atoms with Gasteiger partial charge in [-0.05, 0) is 70.1 Å². The van der Waals surface area contributed by atoms with Gasteiger partial charge in [-0.15, -0.1) is 24.0 Å². The Labute approximate surface area is 211 Å². The number of benzene rings is 6. The van der Waals surface area contributed by atoms with Crippen molar-refractivity contribution in [3.63, 3.8) is 0 Å². The zero-order chi connectivity index (χ0) is 23.1. The first kappa shape index (κ1) is 19.5. The third-order valence-electron chi connectivity index (χ3n) is 7.28. The Morgan fingerprint density at radius 1 is 0.457 bits per heavy atom. The summed E-state index contributed by atoms with van der Waals surface area (Å²) in [5.41, 5.74) is 3.61. The van der Waals surface area contributed by atoms with Crippen LogP contribution in [0.1, 0.15) is 0 Å². The summed E-state index contributed by atoms with van der Waals surface area (Å²) in [6.45, 7) is 0. The van der Waals surface area contributed by atoms with E-state index in [0.29, 0.717) is 0 Å². The fourth-order valence-electron chi connectivity index (χ4n) is 5.79. The number of thiol groups is 1. The Hall–Kier alpha value is -3.79. The van der Waals surface area contributed by atoms with Crippen molar-refractivity contribution in [1.82, 2.24) is 4.57 Å². The van der Waals surface area contributed by atoms with Gasteiger partial charge < -0.3 is 4.57 Å². The van der Waals surface area contributed by atoms with E-state index in [0.717, 1.165) is 10.6 Å². The number of thiophene rings is 1. The van der Waals surface area contributed by atoms with E-state index in [1.54, 1.807) is 0 Å². The van der Waals surface area contributed by atoms with Gasteiger partial charge in [0, 0.05) is 41.5 Å². The van der Waals surface area contributed by atoms with Gasteiger partial charge in [0.25, 0.3) is 0 Å². The number of aromatic nitrogens is 1. The SMILES string of the molecule is Sc1ccc(-n2c3ccccc3c3c4ccc5c(ccc6sc7ccccc7c65)c4ccc32)cc1. The van der Waals surface area contributed by atoms with E-state index in [-0.39, 0.29) is 0 Å². The number of nitrogens with zero attached hydrogens (tertiary/aromatic N) is 1. The van der Waals surface area contributed by atoms with Crippen molar-refractivity contribution < 1.29 is 0 Å². The van der Waals surface area contributed by atoms with Crippen LogP contribution in [0.4, 0.5) is 0 Å². The highest BCUT2D eigenvalue weighted by Crippen LogP contribution is 2.43. The lowest BCUT2D eigenvalue weighted by Gasteiger charge is -2.10. The van der Waals surface area contributed by atoms with Gasteiger partial charge in [0.2, 0.25) is 0 Å². The normalized spacial score (nSPS) is 12.1. The summed E-state index contributed by atoms with van der Waals surface area (Å²) in [6.07, 6.45) is 0. The molecule has 0 spiro atoms. The summed E-state index contributed by atoms with van der Waals surface area (Å²) < 4.78 is 5.07. The van der Waals surface area contributed by atoms with Crippen LogP contribution in [0.5, 0.6) is 0 Å². The molecule has 0 unspecified atom stereocenters. The molecule has 2 aromatic heterocycles. The molecule has 0 bridgehead atoms. The number of rotatable bonds is 1. The maximum absolute atomic E-state index is 4.49. The van der Waals surface area contributed by atoms with Gasteiger partial charge in [-0.3, -0.25) is 0 Å². The third kappa shape index (κ3) is 2.65. The molecular formula is C32H19NS2. The molecule has 0 aliphatic rings. The van der Waals surface area contributed by atoms with Gasteiger partial charge in [0.1, 0.15) is 0 Å². The summed E-state index contributed by atoms with van der Waals surface area (Å²) in [7, 11) is 0. The quantitative estimate of drug-likeness (QED) is 0.176. The van der Waals surface area contributed by atoms with E-state index in [2.05, 4.69) is 126 Å². The van der Waals surface area contributed by atoms with E-state index < -0.39 is 0 Å². The topological polar surface area (TPSA) is 4.93 Å². The van der Waals surface area contributed by atoms with Crippen molar-refractivity contribution in [2.45, 2.75) is 4.90 Å². The minimum atomic E-state index is 0.971. The number of hydrogen-bond acceptors (Lipinski definition) is 2. The first-order chi connectivity index (χ1) is 17.3. The molecule has 0 amide bonds. The van der Waals surface area contributed by atoms with E-state index in [1.807, 2.05) is 11.3 Å². The minimum absolute atomic E-state index is 0.971. The van der Waals surface area contributed by atoms with Crippen molar-refractivity contribution in [3.05, 3.63) is 109 Å². The van der Waals surface area contributed by atoms with Crippen molar-refractivity contribution >= 4 is 87.5 Å². The van der Waals surface area contributed by atoms with Crippen molar-refractivity contribution in [2.24, 2.45) is 0 Å². The highest BCUT2D eigenvalue weighted by Gasteiger charge is 2.16. The molecule has 0 radical (unpaired) electrons. The molecule has 164 valence electrons. The fourth-order valence-corrected chi connectivity index (χ4v) is 7.06. The second kappa shape index (κ2) is 7.11. The Kier molecular flexibility index (Phi) is 3.96. The molecule has 0 aliphatic carbocycles. The van der Waals surface area contributed by atoms with Crippen LogP contribution in [0.2, 0.25) is 0 Å². The van der Waals surface area contributed by atoms with Gasteiger partial charge in [0.05, 0.1) is 11.0 Å². The minimum Gasteiger partial charge on any atom is -0.309 e. The zero-order valence-electron chi connectivity index (χ0n) is 18.7. The maximum Gasteiger partial charge on any atom is 0.0547 e. The molecule has 0 fully saturated rings. The lowest BCUT2D eigenvalue weighted by molar-refractivity contribution is 1.17. The molecule has 8 aromatic rings. The van der Waals surface area contributed by atoms with Crippen LogP contribution >= 0.6 is 24.0 Å². The highest BCUT2D eigenvalue weighted by atomic mass is 32.1. The van der Waals surface area contributed by atoms with Crippen molar-refractivity contribution in [2.75, 3.05) is 0 Å². The molecule has 2 heterocycles. The summed E-state index contributed by atoms with van der Waals surface area (Å²) in [6, 6.07) is 39.8. The molecule has 0 saturated heterocycles. The second-order valence-corrected chi connectivity index (χ2v) is 10.7. The molecule has 6 aromatic carbocycles. The summed E-state index contributed by atoms with van der Waals surface area (Å²) in [5.74, 6) is 0. The standard InChI is InChI=1S/C32H19NS2/c34-20-11-9-19(10-12-20)33-27-7-3-1-5-25(27)31-23-13-14-24-22(21(23)15-17-28(31)33)16-18-30-32(24)26-6-2-4-8-29(26)35-30/h1-18,34H. The molecule has 0 atom stereocenters. The van der Waals surface area contributed by atoms with Crippen LogP contribution in [0.3, 0.4) is 0 Å². The van der Waals surface area contributed by atoms with Crippen LogP contribution < -0.4 is 0 Å². The molecule has 0 N–H and O–H groups in total. The largest absolute Gasteiger partial charge is 0.309 e. The Bertz CT molecular complexity index is 2110. The van der Waals surface area contributed by atoms with Crippen LogP contribution in [-0.2, 0) is 0 Å². The summed E-state index contributed by atoms with van der Waals surface area (Å²) in [5, 5.41) is 10.6. The van der Waals surface area contributed by atoms with Crippen molar-refractivity contribution in [1.29, 1.82) is 0 Å². The first-order valence-electron chi connectivity index (χ1n) is 11.8. The second-order valence-electron chi connectivity index (χ2n) is 9.12. The van der Waals surface area contributed by atoms with Crippen LogP contribution in [0.15, 0.2) is 114 Å². The predicted molar refractivity (Wildman–Crippen MR) is 156 cm³/mol. The van der Waals surface area contributed by atoms with Crippen LogP contribution in [-0.4, -0.2) is 4.57 Å². The third-order valence-corrected chi connectivity index (χ3v) is 8.71. The van der Waals surface area contributed by atoms with Crippen LogP contribution in [0, 0.1) is 0 Å². The Balaban J connectivity index is 1.54. The van der Waals surface area contributed by atoms with E-state index >= 15 is 0 Å². The van der Waals surface area contributed by atoms with Gasteiger partial charge in [-0.1, -0.05) is 60.7 Å². The fraction of sp³-hybridized carbons (Fsp3) is 0. The lowest BCUT2D eigenvalue weighted by Crippen LogP contribution is -1.93. The molecule has 3 heteroatoms. The number of fused-ring (bicyclic) bond motifs is 11. The maximum atomic E-state index is 4.49. The van der Waals surface area contributed by atoms with E-state index in [1.165, 1.54) is 63.5 Å². The number of hydrogen-bond donors (Lipinski definition) is 1. The van der Waals surface area contributed by atoms with Crippen molar-refractivity contribution in [3.8, 4) is 5.69 Å².